The van der Waals surface area contributed by atoms with Crippen molar-refractivity contribution in [3.63, 3.8) is 0 Å². The van der Waals surface area contributed by atoms with Gasteiger partial charge in [-0.15, -0.1) is 0 Å². The van der Waals surface area contributed by atoms with E-state index in [2.05, 4.69) is 71.9 Å². The molecule has 0 atom stereocenters. The van der Waals surface area contributed by atoms with Gasteiger partial charge in [0.25, 0.3) is 6.72 Å². The SMILES string of the molecule is C=[N+]=C=Cc1ccc2ccc3cccc4ccc1c2c34. The molecule has 4 aromatic rings. The van der Waals surface area contributed by atoms with Gasteiger partial charge in [-0.25, -0.2) is 0 Å². The Morgan fingerprint density at radius 3 is 2.20 bits per heavy atom. The Bertz CT molecular complexity index is 1010. The molecule has 0 amide bonds. The zero-order valence-corrected chi connectivity index (χ0v) is 10.9. The minimum Gasteiger partial charge on any atom is -0.0610 e. The molecule has 0 bridgehead atoms. The van der Waals surface area contributed by atoms with Gasteiger partial charge in [0, 0.05) is 0 Å². The molecule has 0 aliphatic heterocycles. The van der Waals surface area contributed by atoms with E-state index in [0.717, 1.165) is 5.56 Å². The molecule has 0 aromatic heterocycles. The highest BCUT2D eigenvalue weighted by atomic mass is 14.4. The maximum atomic E-state index is 3.68. The van der Waals surface area contributed by atoms with Crippen molar-refractivity contribution in [2.45, 2.75) is 0 Å². The van der Waals surface area contributed by atoms with Crippen LogP contribution in [0.1, 0.15) is 5.56 Å². The van der Waals surface area contributed by atoms with Gasteiger partial charge in [-0.1, -0.05) is 54.6 Å². The van der Waals surface area contributed by atoms with Crippen LogP contribution in [0, 0.1) is 0 Å². The first-order chi connectivity index (χ1) is 9.88. The molecule has 0 N–H and O–H groups in total. The highest BCUT2D eigenvalue weighted by molar-refractivity contribution is 6.24. The van der Waals surface area contributed by atoms with Crippen LogP contribution in [-0.2, 0) is 0 Å². The van der Waals surface area contributed by atoms with Gasteiger partial charge < -0.3 is 0 Å². The van der Waals surface area contributed by atoms with Crippen molar-refractivity contribution in [3.8, 4) is 0 Å². The van der Waals surface area contributed by atoms with Gasteiger partial charge in [-0.05, 0) is 42.5 Å². The minimum absolute atomic E-state index is 1.13. The van der Waals surface area contributed by atoms with Crippen molar-refractivity contribution in [1.82, 2.24) is 4.67 Å². The summed E-state index contributed by atoms with van der Waals surface area (Å²) in [5, 5.41) is 7.74. The van der Waals surface area contributed by atoms with Crippen molar-refractivity contribution < 1.29 is 0 Å². The van der Waals surface area contributed by atoms with E-state index in [1.807, 2.05) is 6.08 Å². The Morgan fingerprint density at radius 1 is 0.800 bits per heavy atom. The van der Waals surface area contributed by atoms with E-state index in [9.17, 15) is 0 Å². The number of rotatable bonds is 1. The highest BCUT2D eigenvalue weighted by Crippen LogP contribution is 2.35. The van der Waals surface area contributed by atoms with Crippen LogP contribution in [0.2, 0.25) is 0 Å². The molecule has 0 saturated heterocycles. The first-order valence-electron chi connectivity index (χ1n) is 6.59. The molecule has 0 unspecified atom stereocenters. The molecule has 0 radical (unpaired) electrons. The lowest BCUT2D eigenvalue weighted by molar-refractivity contribution is 1.75. The van der Waals surface area contributed by atoms with E-state index in [1.165, 1.54) is 32.3 Å². The minimum atomic E-state index is 1.13. The van der Waals surface area contributed by atoms with E-state index in [0.29, 0.717) is 0 Å². The first-order valence-corrected chi connectivity index (χ1v) is 6.59. The lowest BCUT2D eigenvalue weighted by Crippen LogP contribution is -1.86. The molecular weight excluding hydrogens is 242 g/mol. The molecule has 4 rings (SSSR count). The van der Waals surface area contributed by atoms with Crippen LogP contribution in [0.3, 0.4) is 0 Å². The van der Waals surface area contributed by atoms with Gasteiger partial charge in [0.15, 0.2) is 0 Å². The maximum Gasteiger partial charge on any atom is 0.311 e. The number of hydrogen-bond acceptors (Lipinski definition) is 0. The van der Waals surface area contributed by atoms with Crippen molar-refractivity contribution in [3.05, 3.63) is 60.2 Å². The molecule has 1 heteroatoms. The summed E-state index contributed by atoms with van der Waals surface area (Å²) >= 11 is 0. The van der Waals surface area contributed by atoms with Gasteiger partial charge in [0.2, 0.25) is 0 Å². The highest BCUT2D eigenvalue weighted by Gasteiger charge is 2.09. The second-order valence-electron chi connectivity index (χ2n) is 4.94. The van der Waals surface area contributed by atoms with Crippen molar-refractivity contribution in [2.24, 2.45) is 0 Å². The third kappa shape index (κ3) is 1.42. The number of nitrogens with zero attached hydrogens (tertiary/aromatic N) is 1. The monoisotopic (exact) mass is 254 g/mol. The molecule has 0 spiro atoms. The smallest absolute Gasteiger partial charge is 0.0610 e. The third-order valence-corrected chi connectivity index (χ3v) is 3.87. The quantitative estimate of drug-likeness (QED) is 0.276. The van der Waals surface area contributed by atoms with Crippen LogP contribution in [0.5, 0.6) is 0 Å². The van der Waals surface area contributed by atoms with E-state index >= 15 is 0 Å². The molecule has 4 aromatic carbocycles. The van der Waals surface area contributed by atoms with Gasteiger partial charge in [-0.2, -0.15) is 0 Å². The zero-order valence-electron chi connectivity index (χ0n) is 10.9. The summed E-state index contributed by atoms with van der Waals surface area (Å²) in [7, 11) is 0. The van der Waals surface area contributed by atoms with Gasteiger partial charge in [-0.3, -0.25) is 0 Å². The molecule has 92 valence electrons. The summed E-state index contributed by atoms with van der Waals surface area (Å²) in [4.78, 5) is 0. The average molecular weight is 254 g/mol. The van der Waals surface area contributed by atoms with Crippen LogP contribution in [0.15, 0.2) is 54.6 Å². The standard InChI is InChI=1S/C19H12N/c1-20-12-11-13-5-6-16-8-7-14-3-2-4-15-9-10-17(13)19(16)18(14)15/h2-11H,1H2/q+1. The largest absolute Gasteiger partial charge is 0.311 e. The fourth-order valence-electron chi connectivity index (χ4n) is 3.00. The number of hydrogen-bond donors (Lipinski definition) is 0. The first kappa shape index (κ1) is 11.0. The normalized spacial score (nSPS) is 10.8. The van der Waals surface area contributed by atoms with E-state index in [1.54, 1.807) is 0 Å². The maximum absolute atomic E-state index is 3.68. The summed E-state index contributed by atoms with van der Waals surface area (Å²) < 4.78 is 3.68. The molecule has 0 fully saturated rings. The van der Waals surface area contributed by atoms with Crippen LogP contribution in [0.25, 0.3) is 38.4 Å². The Balaban J connectivity index is 2.32. The molecule has 0 aliphatic carbocycles. The molecular formula is C19H12N+. The van der Waals surface area contributed by atoms with Crippen molar-refractivity contribution in [1.29, 1.82) is 0 Å². The summed E-state index contributed by atoms with van der Waals surface area (Å²) in [6.45, 7) is 3.45. The lowest BCUT2D eigenvalue weighted by atomic mass is 9.92. The van der Waals surface area contributed by atoms with E-state index in [-0.39, 0.29) is 0 Å². The zero-order chi connectivity index (χ0) is 13.5. The van der Waals surface area contributed by atoms with Gasteiger partial charge in [0.1, 0.15) is 0 Å². The molecule has 0 heterocycles. The van der Waals surface area contributed by atoms with Crippen LogP contribution >= 0.6 is 0 Å². The predicted molar refractivity (Wildman–Crippen MR) is 88.9 cm³/mol. The number of benzene rings is 4. The second-order valence-corrected chi connectivity index (χ2v) is 4.94. The van der Waals surface area contributed by atoms with Gasteiger partial charge >= 0.3 is 5.87 Å². The topological polar surface area (TPSA) is 14.1 Å². The fourth-order valence-corrected chi connectivity index (χ4v) is 3.00. The Hall–Kier alpha value is -2.85. The predicted octanol–water partition coefficient (Wildman–Crippen LogP) is 4.03. The van der Waals surface area contributed by atoms with Crippen LogP contribution in [0.4, 0.5) is 0 Å². The van der Waals surface area contributed by atoms with Crippen LogP contribution < -0.4 is 4.67 Å². The Kier molecular flexibility index (Phi) is 2.25. The van der Waals surface area contributed by atoms with Crippen LogP contribution in [-0.4, -0.2) is 12.6 Å². The lowest BCUT2D eigenvalue weighted by Gasteiger charge is -2.11. The average Bonchev–Trinajstić information content (AvgIpc) is 2.51. The van der Waals surface area contributed by atoms with E-state index < -0.39 is 0 Å². The molecule has 0 saturated carbocycles. The van der Waals surface area contributed by atoms with Crippen molar-refractivity contribution >= 4 is 51.0 Å². The Labute approximate surface area is 116 Å². The second kappa shape index (κ2) is 4.08. The summed E-state index contributed by atoms with van der Waals surface area (Å²) in [5.74, 6) is 2.83. The Morgan fingerprint density at radius 2 is 1.45 bits per heavy atom. The summed E-state index contributed by atoms with van der Waals surface area (Å²) in [5.41, 5.74) is 1.13. The van der Waals surface area contributed by atoms with Crippen molar-refractivity contribution in [2.75, 3.05) is 0 Å². The fraction of sp³-hybridized carbons (Fsp3) is 0. The molecule has 0 aliphatic rings. The third-order valence-electron chi connectivity index (χ3n) is 3.87. The molecule has 20 heavy (non-hydrogen) atoms. The summed E-state index contributed by atoms with van der Waals surface area (Å²) in [6.07, 6.45) is 1.89. The van der Waals surface area contributed by atoms with Gasteiger partial charge in [0.05, 0.1) is 6.08 Å². The van der Waals surface area contributed by atoms with E-state index in [4.69, 9.17) is 0 Å². The molecule has 1 nitrogen and oxygen atoms in total. The summed E-state index contributed by atoms with van der Waals surface area (Å²) in [6, 6.07) is 19.5.